The number of nitrogens with one attached hydrogen (secondary N) is 6. The number of unbranched alkanes of at least 4 members (excludes halogenated alkanes) is 1. The molecule has 18 heteroatoms. The number of hydrogen-bond acceptors (Lipinski definition) is 14. The lowest BCUT2D eigenvalue weighted by molar-refractivity contribution is -0.366. The molecule has 376 valence electrons. The minimum Gasteiger partial charge on any atom is -0.508 e. The molecule has 4 aromatic rings. The van der Waals surface area contributed by atoms with Crippen LogP contribution < -0.4 is 37.8 Å². The van der Waals surface area contributed by atoms with E-state index in [-0.39, 0.29) is 38.0 Å². The Morgan fingerprint density at radius 1 is 0.743 bits per heavy atom. The van der Waals surface area contributed by atoms with E-state index < -0.39 is 89.9 Å². The number of fused-ring (bicyclic) bond motifs is 1. The molecule has 0 bridgehead atoms. The van der Waals surface area contributed by atoms with Gasteiger partial charge in [0, 0.05) is 25.9 Å². The third-order valence-electron chi connectivity index (χ3n) is 13.0. The Morgan fingerprint density at radius 2 is 1.29 bits per heavy atom. The number of hydroxylamine groups is 1. The van der Waals surface area contributed by atoms with Crippen molar-refractivity contribution in [3.8, 4) is 5.75 Å². The Labute approximate surface area is 408 Å². The molecule has 2 aliphatic heterocycles. The number of benzene rings is 4. The van der Waals surface area contributed by atoms with Crippen LogP contribution in [-0.4, -0.2) is 117 Å². The number of rotatable bonds is 21. The number of phenolic OH excluding ortho intramolecular Hbond substituents is 1. The predicted octanol–water partition coefficient (Wildman–Crippen LogP) is 1.09. The summed E-state index contributed by atoms with van der Waals surface area (Å²) in [6.07, 6.45) is -4.01. The number of aryl methyl sites for hydroxylation is 2. The van der Waals surface area contributed by atoms with Crippen LogP contribution in [0.25, 0.3) is 0 Å². The van der Waals surface area contributed by atoms with Gasteiger partial charge in [-0.05, 0) is 111 Å². The van der Waals surface area contributed by atoms with E-state index in [0.717, 1.165) is 33.4 Å². The largest absolute Gasteiger partial charge is 0.508 e. The van der Waals surface area contributed by atoms with E-state index in [1.54, 1.807) is 60.7 Å². The van der Waals surface area contributed by atoms with Gasteiger partial charge in [0.2, 0.25) is 35.3 Å². The fraction of sp³-hybridized carbons (Fsp3) is 0.442. The van der Waals surface area contributed by atoms with Crippen LogP contribution in [-0.2, 0) is 65.8 Å². The maximum atomic E-state index is 14.5. The highest BCUT2D eigenvalue weighted by atomic mass is 16.8. The fourth-order valence-corrected chi connectivity index (χ4v) is 8.86. The van der Waals surface area contributed by atoms with Gasteiger partial charge in [-0.2, -0.15) is 5.48 Å². The molecule has 12 N–H and O–H groups in total. The topological polar surface area (TPSA) is 283 Å². The molecular weight excluding hydrogens is 899 g/mol. The summed E-state index contributed by atoms with van der Waals surface area (Å²) in [4.78, 5) is 76.1. The molecule has 0 aromatic heterocycles. The first kappa shape index (κ1) is 53.3. The van der Waals surface area contributed by atoms with Crippen molar-refractivity contribution < 1.29 is 54.0 Å². The molecule has 70 heavy (non-hydrogen) atoms. The van der Waals surface area contributed by atoms with Crippen molar-refractivity contribution in [3.63, 3.8) is 0 Å². The summed E-state index contributed by atoms with van der Waals surface area (Å²) in [5.74, 6) is -4.94. The number of aliphatic hydroxyl groups is 3. The second kappa shape index (κ2) is 24.6. The highest BCUT2D eigenvalue weighted by molar-refractivity contribution is 6.02. The molecule has 0 aliphatic carbocycles. The average Bonchev–Trinajstić information content (AvgIpc) is 3.34. The number of amides is 5. The minimum absolute atomic E-state index is 0.000298. The van der Waals surface area contributed by atoms with E-state index in [9.17, 15) is 44.4 Å². The van der Waals surface area contributed by atoms with Crippen molar-refractivity contribution >= 4 is 29.5 Å². The maximum absolute atomic E-state index is 14.5. The van der Waals surface area contributed by atoms with Crippen LogP contribution >= 0.6 is 0 Å². The second-order valence-electron chi connectivity index (χ2n) is 18.4. The maximum Gasteiger partial charge on any atom is 0.249 e. The van der Waals surface area contributed by atoms with Gasteiger partial charge >= 0.3 is 0 Å². The molecule has 1 saturated heterocycles. The molecular formula is C52H67N7O11. The summed E-state index contributed by atoms with van der Waals surface area (Å²) in [5, 5.41) is 55.2. The number of aliphatic hydroxyl groups excluding tert-OH is 3. The van der Waals surface area contributed by atoms with Crippen molar-refractivity contribution in [2.45, 2.75) is 140 Å². The van der Waals surface area contributed by atoms with Gasteiger partial charge in [0.05, 0.1) is 18.2 Å². The van der Waals surface area contributed by atoms with Gasteiger partial charge in [0.1, 0.15) is 42.2 Å². The zero-order valence-corrected chi connectivity index (χ0v) is 40.0. The summed E-state index contributed by atoms with van der Waals surface area (Å²) in [7, 11) is 0. The summed E-state index contributed by atoms with van der Waals surface area (Å²) in [6, 6.07) is 23.4. The molecule has 2 heterocycles. The zero-order valence-electron chi connectivity index (χ0n) is 40.0. The minimum atomic E-state index is -1.69. The van der Waals surface area contributed by atoms with Gasteiger partial charge in [-0.1, -0.05) is 84.9 Å². The summed E-state index contributed by atoms with van der Waals surface area (Å²) in [6.45, 7) is 7.17. The summed E-state index contributed by atoms with van der Waals surface area (Å²) >= 11 is 0. The number of aromatic hydroxyl groups is 1. The number of hydrogen-bond donors (Lipinski definition) is 11. The Balaban J connectivity index is 1.18. The molecule has 2 aliphatic rings. The van der Waals surface area contributed by atoms with Gasteiger partial charge in [0.15, 0.2) is 0 Å². The number of carbonyl (C=O) groups excluding carboxylic acids is 5. The van der Waals surface area contributed by atoms with Crippen molar-refractivity contribution in [1.82, 2.24) is 32.1 Å². The van der Waals surface area contributed by atoms with Gasteiger partial charge in [-0.25, -0.2) is 0 Å². The Kier molecular flexibility index (Phi) is 18.8. The smallest absolute Gasteiger partial charge is 0.249 e. The van der Waals surface area contributed by atoms with Crippen molar-refractivity contribution in [1.29, 1.82) is 0 Å². The quantitative estimate of drug-likeness (QED) is 0.0412. The zero-order chi connectivity index (χ0) is 50.5. The van der Waals surface area contributed by atoms with Crippen LogP contribution in [0.2, 0.25) is 0 Å². The average molecular weight is 966 g/mol. The van der Waals surface area contributed by atoms with E-state index >= 15 is 0 Å². The highest BCUT2D eigenvalue weighted by Gasteiger charge is 2.51. The van der Waals surface area contributed by atoms with E-state index in [4.69, 9.17) is 15.3 Å². The van der Waals surface area contributed by atoms with Crippen molar-refractivity contribution in [2.75, 3.05) is 6.54 Å². The van der Waals surface area contributed by atoms with Crippen molar-refractivity contribution in [2.24, 2.45) is 5.73 Å². The molecule has 6 rings (SSSR count). The first-order valence-electron chi connectivity index (χ1n) is 23.7. The monoisotopic (exact) mass is 965 g/mol. The Hall–Kier alpha value is -6.09. The van der Waals surface area contributed by atoms with E-state index in [1.165, 1.54) is 13.8 Å². The van der Waals surface area contributed by atoms with Crippen LogP contribution in [0.3, 0.4) is 0 Å². The Bertz CT molecular complexity index is 2400. The molecule has 18 nitrogen and oxygen atoms in total. The van der Waals surface area contributed by atoms with Gasteiger partial charge in [-0.15, -0.1) is 0 Å². The first-order chi connectivity index (χ1) is 33.4. The lowest BCUT2D eigenvalue weighted by atomic mass is 9.94. The fourth-order valence-electron chi connectivity index (χ4n) is 8.86. The molecule has 5 amide bonds. The number of phenols is 1. The normalized spacial score (nSPS) is 22.6. The Morgan fingerprint density at radius 3 is 1.89 bits per heavy atom. The molecule has 1 unspecified atom stereocenters. The molecule has 1 fully saturated rings. The van der Waals surface area contributed by atoms with E-state index in [1.807, 2.05) is 50.2 Å². The van der Waals surface area contributed by atoms with Crippen LogP contribution in [0.4, 0.5) is 0 Å². The lowest BCUT2D eigenvalue weighted by Gasteiger charge is -2.45. The van der Waals surface area contributed by atoms with Gasteiger partial charge in [0.25, 0.3) is 0 Å². The van der Waals surface area contributed by atoms with E-state index in [2.05, 4.69) is 32.1 Å². The van der Waals surface area contributed by atoms with Gasteiger partial charge in [-0.3, -0.25) is 34.1 Å². The van der Waals surface area contributed by atoms with E-state index in [0.29, 0.717) is 31.4 Å². The van der Waals surface area contributed by atoms with Crippen LogP contribution in [0.5, 0.6) is 5.75 Å². The molecule has 0 spiro atoms. The SMILES string of the molecule is Cc1cc(O)cc(C)c1C[C@H](N)C(=O)N[C@@H](Cc1ccccc1)C(=O)N[C@@H](Cc1ccccc1)C(=O)N[C@@H](CCCCNO[C@]1(C)O[C@H](C)[C@@H](O)[C@H](O)[C@H]1O)C(=O)NC(=O)C1Cc2ccccc2CN1. The van der Waals surface area contributed by atoms with Crippen molar-refractivity contribution in [3.05, 3.63) is 136 Å². The van der Waals surface area contributed by atoms with Crippen LogP contribution in [0, 0.1) is 13.8 Å². The standard InChI is InChI=1S/C52H67N7O11/c1-30-23-37(60)24-31(2)38(30)28-39(53)47(64)57-42(25-33-15-7-5-8-16-33)51(68)58-43(26-34-17-9-6-10-18-34)50(67)56-40(48(65)59-49(66)41-27-35-19-11-12-20-36(35)29-54-41)21-13-14-22-55-70-52(4)46(63)45(62)44(61)32(3)69-52/h5-12,15-20,23-24,32,39-46,54-55,60-63H,13-14,21-22,25-29,53H2,1-4H3,(H,56,67)(H,57,64)(H,58,68)(H,59,65,66)/t32-,39+,40+,41?,42+,43+,44-,45+,46-,52+/m1/s1. The summed E-state index contributed by atoms with van der Waals surface area (Å²) in [5.41, 5.74) is 14.9. The molecule has 0 radical (unpaired) electrons. The lowest BCUT2D eigenvalue weighted by Crippen LogP contribution is -2.64. The number of nitrogens with two attached hydrogens (primary N) is 1. The predicted molar refractivity (Wildman–Crippen MR) is 259 cm³/mol. The molecule has 10 atom stereocenters. The third-order valence-corrected chi connectivity index (χ3v) is 13.0. The highest BCUT2D eigenvalue weighted by Crippen LogP contribution is 2.30. The number of imide groups is 1. The first-order valence-corrected chi connectivity index (χ1v) is 23.7. The summed E-state index contributed by atoms with van der Waals surface area (Å²) < 4.78 is 5.65. The third kappa shape index (κ3) is 14.3. The van der Waals surface area contributed by atoms with Crippen LogP contribution in [0.1, 0.15) is 72.1 Å². The van der Waals surface area contributed by atoms with Crippen LogP contribution in [0.15, 0.2) is 97.1 Å². The van der Waals surface area contributed by atoms with Gasteiger partial charge < -0.3 is 52.2 Å². The number of carbonyl (C=O) groups is 5. The second-order valence-corrected chi connectivity index (χ2v) is 18.4. The molecule has 4 aromatic carbocycles. The number of ether oxygens (including phenoxy) is 1. The molecule has 0 saturated carbocycles.